The van der Waals surface area contributed by atoms with Crippen LogP contribution in [0.1, 0.15) is 0 Å². The number of hydrogen-bond acceptors (Lipinski definition) is 5. The molecule has 6 nitrogen and oxygen atoms in total. The van der Waals surface area contributed by atoms with E-state index in [1.54, 1.807) is 0 Å². The Labute approximate surface area is 287 Å². The van der Waals surface area contributed by atoms with Crippen molar-refractivity contribution in [3.05, 3.63) is 164 Å². The van der Waals surface area contributed by atoms with Gasteiger partial charge in [0.05, 0.1) is 16.8 Å². The molecule has 6 aromatic carbocycles. The lowest BCUT2D eigenvalue weighted by Crippen LogP contribution is -2.01. The average molecular weight is 642 g/mol. The van der Waals surface area contributed by atoms with Gasteiger partial charge in [-0.05, 0) is 41.5 Å². The first-order chi connectivity index (χ1) is 24.8. The predicted molar refractivity (Wildman–Crippen MR) is 201 cm³/mol. The Morgan fingerprint density at radius 1 is 0.400 bits per heavy atom. The zero-order chi connectivity index (χ0) is 33.0. The topological polar surface area (TPSA) is 69.6 Å². The van der Waals surface area contributed by atoms with Gasteiger partial charge in [-0.15, -0.1) is 0 Å². The summed E-state index contributed by atoms with van der Waals surface area (Å²) in [7, 11) is 0. The van der Waals surface area contributed by atoms with Crippen molar-refractivity contribution in [1.82, 2.24) is 24.5 Å². The number of fused-ring (bicyclic) bond motifs is 6. The fourth-order valence-electron chi connectivity index (χ4n) is 7.08. The molecular formula is C44H27N5O. The molecule has 0 N–H and O–H groups in total. The van der Waals surface area contributed by atoms with Crippen molar-refractivity contribution in [1.29, 1.82) is 0 Å². The second kappa shape index (κ2) is 11.4. The summed E-state index contributed by atoms with van der Waals surface area (Å²) in [4.78, 5) is 20.1. The minimum Gasteiger partial charge on any atom is -0.453 e. The van der Waals surface area contributed by atoms with Crippen molar-refractivity contribution < 1.29 is 4.42 Å². The third kappa shape index (κ3) is 4.43. The van der Waals surface area contributed by atoms with E-state index in [4.69, 9.17) is 24.4 Å². The molecule has 0 bridgehead atoms. The third-order valence-electron chi connectivity index (χ3n) is 9.34. The van der Waals surface area contributed by atoms with Crippen LogP contribution in [0, 0.1) is 0 Å². The molecule has 0 aliphatic rings. The summed E-state index contributed by atoms with van der Waals surface area (Å²) >= 11 is 0. The van der Waals surface area contributed by atoms with E-state index in [-0.39, 0.29) is 0 Å². The van der Waals surface area contributed by atoms with E-state index in [9.17, 15) is 0 Å². The number of furan rings is 1. The first kappa shape index (κ1) is 28.1. The highest BCUT2D eigenvalue weighted by atomic mass is 16.3. The predicted octanol–water partition coefficient (Wildman–Crippen LogP) is 10.9. The molecular weight excluding hydrogens is 615 g/mol. The van der Waals surface area contributed by atoms with Crippen LogP contribution in [0.2, 0.25) is 0 Å². The van der Waals surface area contributed by atoms with Crippen LogP contribution in [0.3, 0.4) is 0 Å². The molecule has 0 saturated heterocycles. The molecule has 0 radical (unpaired) electrons. The molecule has 0 atom stereocenters. The van der Waals surface area contributed by atoms with E-state index in [0.29, 0.717) is 17.5 Å². The highest BCUT2D eigenvalue weighted by Crippen LogP contribution is 2.40. The van der Waals surface area contributed by atoms with Gasteiger partial charge in [-0.1, -0.05) is 127 Å². The summed E-state index contributed by atoms with van der Waals surface area (Å²) in [5, 5.41) is 4.24. The second-order valence-electron chi connectivity index (χ2n) is 12.2. The van der Waals surface area contributed by atoms with Crippen LogP contribution in [0.4, 0.5) is 0 Å². The Bertz CT molecular complexity index is 2820. The monoisotopic (exact) mass is 641 g/mol. The van der Waals surface area contributed by atoms with E-state index in [0.717, 1.165) is 77.4 Å². The summed E-state index contributed by atoms with van der Waals surface area (Å²) in [5.41, 5.74) is 9.15. The minimum absolute atomic E-state index is 0.543. The molecule has 0 aliphatic heterocycles. The number of para-hydroxylation sites is 3. The van der Waals surface area contributed by atoms with Crippen LogP contribution in [-0.2, 0) is 0 Å². The Morgan fingerprint density at radius 2 is 0.980 bits per heavy atom. The first-order valence-electron chi connectivity index (χ1n) is 16.6. The van der Waals surface area contributed by atoms with Crippen LogP contribution < -0.4 is 0 Å². The van der Waals surface area contributed by atoms with Gasteiger partial charge in [-0.2, -0.15) is 0 Å². The van der Waals surface area contributed by atoms with Crippen molar-refractivity contribution in [2.24, 2.45) is 0 Å². The highest BCUT2D eigenvalue weighted by molar-refractivity contribution is 6.13. The van der Waals surface area contributed by atoms with Gasteiger partial charge in [0.15, 0.2) is 23.1 Å². The fourth-order valence-corrected chi connectivity index (χ4v) is 7.08. The van der Waals surface area contributed by atoms with Crippen LogP contribution in [0.15, 0.2) is 168 Å². The van der Waals surface area contributed by atoms with E-state index < -0.39 is 0 Å². The molecule has 0 fully saturated rings. The molecule has 234 valence electrons. The molecule has 10 rings (SSSR count). The normalized spacial score (nSPS) is 11.6. The van der Waals surface area contributed by atoms with Crippen LogP contribution in [0.25, 0.3) is 94.9 Å². The number of hydrogen-bond donors (Lipinski definition) is 0. The summed E-state index contributed by atoms with van der Waals surface area (Å²) in [6.45, 7) is 0. The van der Waals surface area contributed by atoms with Crippen LogP contribution in [-0.4, -0.2) is 24.5 Å². The van der Waals surface area contributed by atoms with E-state index in [2.05, 4.69) is 83.4 Å². The summed E-state index contributed by atoms with van der Waals surface area (Å²) in [6, 6.07) is 53.6. The average Bonchev–Trinajstić information content (AvgIpc) is 3.75. The van der Waals surface area contributed by atoms with Crippen LogP contribution >= 0.6 is 0 Å². The molecule has 0 saturated carbocycles. The SMILES string of the molecule is c1ccc(-c2nc(-c3ccccc3-c3ccccc3)nc(-c3cccc4c3oc3c(-n5c6ccccc6c6cccnc65)cccc34)n2)cc1. The lowest BCUT2D eigenvalue weighted by Gasteiger charge is -2.12. The number of aromatic nitrogens is 5. The number of nitrogens with zero attached hydrogens (tertiary/aromatic N) is 5. The smallest absolute Gasteiger partial charge is 0.167 e. The number of pyridine rings is 1. The maximum atomic E-state index is 6.93. The Hall–Kier alpha value is -6.92. The van der Waals surface area contributed by atoms with Crippen molar-refractivity contribution in [2.45, 2.75) is 0 Å². The van der Waals surface area contributed by atoms with Crippen LogP contribution in [0.5, 0.6) is 0 Å². The van der Waals surface area contributed by atoms with E-state index in [1.807, 2.05) is 85.1 Å². The van der Waals surface area contributed by atoms with Crippen molar-refractivity contribution in [3.63, 3.8) is 0 Å². The van der Waals surface area contributed by atoms with Crippen molar-refractivity contribution in [2.75, 3.05) is 0 Å². The van der Waals surface area contributed by atoms with Gasteiger partial charge in [0.25, 0.3) is 0 Å². The molecule has 50 heavy (non-hydrogen) atoms. The van der Waals surface area contributed by atoms with Crippen molar-refractivity contribution >= 4 is 43.9 Å². The van der Waals surface area contributed by atoms with E-state index in [1.165, 1.54) is 0 Å². The Kier molecular flexibility index (Phi) is 6.39. The molecule has 4 heterocycles. The Morgan fingerprint density at radius 3 is 1.80 bits per heavy atom. The summed E-state index contributed by atoms with van der Waals surface area (Å²) in [5.74, 6) is 1.73. The maximum absolute atomic E-state index is 6.93. The summed E-state index contributed by atoms with van der Waals surface area (Å²) < 4.78 is 9.12. The van der Waals surface area contributed by atoms with Gasteiger partial charge in [0.2, 0.25) is 0 Å². The number of rotatable bonds is 5. The van der Waals surface area contributed by atoms with Gasteiger partial charge < -0.3 is 4.42 Å². The minimum atomic E-state index is 0.543. The molecule has 4 aromatic heterocycles. The molecule has 0 spiro atoms. The van der Waals surface area contributed by atoms with Gasteiger partial charge in [-0.3, -0.25) is 4.57 Å². The standard InChI is InChI=1S/C44H27N5O/c1-3-14-28(15-4-1)30-18-7-8-20-34(30)42-46-41(29-16-5-2-6-17-29)47-43(48-42)36-23-11-21-32-33-22-12-26-38(40(33)50-39(32)36)49-37-25-10-9-19-31(37)35-24-13-27-45-44(35)49/h1-27H. The molecule has 0 unspecified atom stereocenters. The Balaban J connectivity index is 1.23. The van der Waals surface area contributed by atoms with Crippen molar-refractivity contribution in [3.8, 4) is 51.0 Å². The lowest BCUT2D eigenvalue weighted by atomic mass is 9.99. The second-order valence-corrected chi connectivity index (χ2v) is 12.2. The molecule has 0 aliphatic carbocycles. The molecule has 10 aromatic rings. The highest BCUT2D eigenvalue weighted by Gasteiger charge is 2.22. The number of benzene rings is 6. The third-order valence-corrected chi connectivity index (χ3v) is 9.34. The van der Waals surface area contributed by atoms with Gasteiger partial charge in [-0.25, -0.2) is 19.9 Å². The lowest BCUT2D eigenvalue weighted by molar-refractivity contribution is 0.667. The zero-order valence-electron chi connectivity index (χ0n) is 26.7. The molecule has 0 amide bonds. The summed E-state index contributed by atoms with van der Waals surface area (Å²) in [6.07, 6.45) is 1.84. The zero-order valence-corrected chi connectivity index (χ0v) is 26.7. The quantitative estimate of drug-likeness (QED) is 0.187. The van der Waals surface area contributed by atoms with E-state index >= 15 is 0 Å². The molecule has 6 heteroatoms. The van der Waals surface area contributed by atoms with Gasteiger partial charge in [0, 0.05) is 38.9 Å². The largest absolute Gasteiger partial charge is 0.453 e. The van der Waals surface area contributed by atoms with Gasteiger partial charge >= 0.3 is 0 Å². The first-order valence-corrected chi connectivity index (χ1v) is 16.6. The van der Waals surface area contributed by atoms with Gasteiger partial charge in [0.1, 0.15) is 11.2 Å². The fraction of sp³-hybridized carbons (Fsp3) is 0. The maximum Gasteiger partial charge on any atom is 0.167 e.